The SMILES string of the molecule is COc1cc2c(cc1Nc1ncc3ccc(N4C[C@H](CN)OC4=O)cc3n1)CN(C)CC2. The van der Waals surface area contributed by atoms with Crippen LogP contribution in [0, 0.1) is 0 Å². The molecule has 0 spiro atoms. The number of rotatable bonds is 5. The van der Waals surface area contributed by atoms with Gasteiger partial charge >= 0.3 is 6.09 Å². The third-order valence-electron chi connectivity index (χ3n) is 5.99. The van der Waals surface area contributed by atoms with E-state index < -0.39 is 6.09 Å². The monoisotopic (exact) mass is 434 g/mol. The number of benzene rings is 2. The van der Waals surface area contributed by atoms with Gasteiger partial charge in [-0.05, 0) is 54.9 Å². The number of nitrogens with two attached hydrogens (primary N) is 1. The van der Waals surface area contributed by atoms with Gasteiger partial charge in [-0.3, -0.25) is 4.90 Å². The third-order valence-corrected chi connectivity index (χ3v) is 5.99. The van der Waals surface area contributed by atoms with Gasteiger partial charge in [-0.2, -0.15) is 0 Å². The number of hydrogen-bond acceptors (Lipinski definition) is 8. The number of anilines is 3. The van der Waals surface area contributed by atoms with Crippen LogP contribution < -0.4 is 20.7 Å². The maximum absolute atomic E-state index is 12.2. The highest BCUT2D eigenvalue weighted by atomic mass is 16.6. The van der Waals surface area contributed by atoms with Crippen LogP contribution in [-0.2, 0) is 17.7 Å². The molecule has 166 valence electrons. The summed E-state index contributed by atoms with van der Waals surface area (Å²) in [6.45, 7) is 2.66. The van der Waals surface area contributed by atoms with Crippen molar-refractivity contribution in [2.45, 2.75) is 19.1 Å². The molecule has 2 aliphatic rings. The first-order chi connectivity index (χ1) is 15.5. The highest BCUT2D eigenvalue weighted by molar-refractivity contribution is 5.93. The van der Waals surface area contributed by atoms with Gasteiger partial charge in [0.15, 0.2) is 0 Å². The zero-order chi connectivity index (χ0) is 22.2. The van der Waals surface area contributed by atoms with Gasteiger partial charge in [0.05, 0.1) is 24.9 Å². The molecule has 1 atom stereocenters. The van der Waals surface area contributed by atoms with Gasteiger partial charge < -0.3 is 25.4 Å². The number of carbonyl (C=O) groups excluding carboxylic acids is 1. The predicted molar refractivity (Wildman–Crippen MR) is 123 cm³/mol. The van der Waals surface area contributed by atoms with Gasteiger partial charge in [-0.25, -0.2) is 14.8 Å². The lowest BCUT2D eigenvalue weighted by Crippen LogP contribution is -2.27. The maximum Gasteiger partial charge on any atom is 0.414 e. The summed E-state index contributed by atoms with van der Waals surface area (Å²) in [4.78, 5) is 25.2. The Labute approximate surface area is 186 Å². The lowest BCUT2D eigenvalue weighted by Gasteiger charge is -2.26. The third kappa shape index (κ3) is 3.80. The van der Waals surface area contributed by atoms with Gasteiger partial charge in [0.2, 0.25) is 5.95 Å². The van der Waals surface area contributed by atoms with Crippen molar-refractivity contribution < 1.29 is 14.3 Å². The van der Waals surface area contributed by atoms with E-state index in [1.807, 2.05) is 18.2 Å². The molecule has 1 aromatic heterocycles. The van der Waals surface area contributed by atoms with Gasteiger partial charge in [-0.1, -0.05) is 0 Å². The van der Waals surface area contributed by atoms with Crippen LogP contribution in [0.4, 0.5) is 22.1 Å². The topological polar surface area (TPSA) is 106 Å². The van der Waals surface area contributed by atoms with Crippen LogP contribution in [-0.4, -0.2) is 60.9 Å². The van der Waals surface area contributed by atoms with E-state index in [-0.39, 0.29) is 6.10 Å². The molecule has 1 saturated heterocycles. The normalized spacial score (nSPS) is 18.5. The maximum atomic E-state index is 12.2. The summed E-state index contributed by atoms with van der Waals surface area (Å²) in [7, 11) is 3.79. The Morgan fingerprint density at radius 1 is 1.28 bits per heavy atom. The van der Waals surface area contributed by atoms with Crippen LogP contribution in [0.15, 0.2) is 36.5 Å². The number of amides is 1. The van der Waals surface area contributed by atoms with Crippen molar-refractivity contribution >= 4 is 34.3 Å². The predicted octanol–water partition coefficient (Wildman–Crippen LogP) is 2.65. The molecular formula is C23H26N6O3. The first-order valence-electron chi connectivity index (χ1n) is 10.6. The second kappa shape index (κ2) is 8.25. The number of cyclic esters (lactones) is 1. The molecule has 2 aliphatic heterocycles. The Kier molecular flexibility index (Phi) is 5.28. The summed E-state index contributed by atoms with van der Waals surface area (Å²) in [6.07, 6.45) is 2.08. The van der Waals surface area contributed by atoms with Crippen molar-refractivity contribution in [3.8, 4) is 5.75 Å². The van der Waals surface area contributed by atoms with E-state index in [1.54, 1.807) is 18.2 Å². The Morgan fingerprint density at radius 3 is 2.94 bits per heavy atom. The number of aromatic nitrogens is 2. The van der Waals surface area contributed by atoms with Crippen molar-refractivity contribution in [2.24, 2.45) is 5.73 Å². The minimum atomic E-state index is -0.393. The fourth-order valence-corrected chi connectivity index (χ4v) is 4.21. The summed E-state index contributed by atoms with van der Waals surface area (Å²) < 4.78 is 10.9. The minimum absolute atomic E-state index is 0.295. The highest BCUT2D eigenvalue weighted by Gasteiger charge is 2.31. The fourth-order valence-electron chi connectivity index (χ4n) is 4.21. The average Bonchev–Trinajstić information content (AvgIpc) is 3.19. The standard InChI is InChI=1S/C23H26N6O3/c1-28-6-5-14-8-21(31-2)20(7-16(14)12-28)27-22-25-11-15-3-4-17(9-19(15)26-22)29-13-18(10-24)32-23(29)30/h3-4,7-9,11,18H,5-6,10,12-13,24H2,1-2H3,(H,25,26,27)/t18-/m0/s1. The van der Waals surface area contributed by atoms with Crippen LogP contribution in [0.3, 0.4) is 0 Å². The molecule has 0 unspecified atom stereocenters. The number of ether oxygens (including phenoxy) is 2. The molecule has 0 bridgehead atoms. The quantitative estimate of drug-likeness (QED) is 0.631. The Morgan fingerprint density at radius 2 is 2.16 bits per heavy atom. The largest absolute Gasteiger partial charge is 0.495 e. The summed E-state index contributed by atoms with van der Waals surface area (Å²) >= 11 is 0. The van der Waals surface area contributed by atoms with E-state index in [4.69, 9.17) is 15.2 Å². The van der Waals surface area contributed by atoms with E-state index in [0.29, 0.717) is 19.0 Å². The number of nitrogens with one attached hydrogen (secondary N) is 1. The molecular weight excluding hydrogens is 408 g/mol. The molecule has 0 aliphatic carbocycles. The molecule has 3 heterocycles. The molecule has 1 amide bonds. The molecule has 9 nitrogen and oxygen atoms in total. The number of methoxy groups -OCH3 is 1. The van der Waals surface area contributed by atoms with Gasteiger partial charge in [0.1, 0.15) is 11.9 Å². The molecule has 2 aromatic carbocycles. The van der Waals surface area contributed by atoms with Crippen molar-refractivity contribution in [1.29, 1.82) is 0 Å². The number of carbonyl (C=O) groups is 1. The average molecular weight is 435 g/mol. The Balaban J connectivity index is 1.45. The van der Waals surface area contributed by atoms with Crippen LogP contribution in [0.1, 0.15) is 11.1 Å². The highest BCUT2D eigenvalue weighted by Crippen LogP contribution is 2.33. The number of hydrogen-bond donors (Lipinski definition) is 2. The van der Waals surface area contributed by atoms with Gasteiger partial charge in [-0.15, -0.1) is 0 Å². The van der Waals surface area contributed by atoms with Crippen molar-refractivity contribution in [3.63, 3.8) is 0 Å². The summed E-state index contributed by atoms with van der Waals surface area (Å²) in [6, 6.07) is 9.83. The zero-order valence-electron chi connectivity index (χ0n) is 18.2. The molecule has 3 N–H and O–H groups in total. The zero-order valence-corrected chi connectivity index (χ0v) is 18.2. The second-order valence-electron chi connectivity index (χ2n) is 8.22. The molecule has 32 heavy (non-hydrogen) atoms. The van der Waals surface area contributed by atoms with E-state index in [9.17, 15) is 4.79 Å². The number of nitrogens with zero attached hydrogens (tertiary/aromatic N) is 4. The molecule has 5 rings (SSSR count). The molecule has 3 aromatic rings. The van der Waals surface area contributed by atoms with Crippen LogP contribution in [0.2, 0.25) is 0 Å². The van der Waals surface area contributed by atoms with Crippen molar-refractivity contribution in [2.75, 3.05) is 44.0 Å². The summed E-state index contributed by atoms with van der Waals surface area (Å²) in [5.41, 5.74) is 10.5. The van der Waals surface area contributed by atoms with Crippen LogP contribution in [0.5, 0.6) is 5.75 Å². The molecule has 0 saturated carbocycles. The lowest BCUT2D eigenvalue weighted by atomic mass is 9.99. The van der Waals surface area contributed by atoms with Crippen molar-refractivity contribution in [3.05, 3.63) is 47.7 Å². The van der Waals surface area contributed by atoms with Gasteiger partial charge in [0, 0.05) is 36.9 Å². The fraction of sp³-hybridized carbons (Fsp3) is 0.348. The van der Waals surface area contributed by atoms with E-state index in [1.165, 1.54) is 11.1 Å². The van der Waals surface area contributed by atoms with E-state index in [2.05, 4.69) is 39.4 Å². The van der Waals surface area contributed by atoms with E-state index in [0.717, 1.165) is 47.5 Å². The molecule has 1 fully saturated rings. The van der Waals surface area contributed by atoms with Gasteiger partial charge in [0.25, 0.3) is 0 Å². The molecule has 0 radical (unpaired) electrons. The lowest BCUT2D eigenvalue weighted by molar-refractivity contribution is 0.145. The Bertz CT molecular complexity index is 1180. The van der Waals surface area contributed by atoms with Crippen LogP contribution in [0.25, 0.3) is 10.9 Å². The second-order valence-corrected chi connectivity index (χ2v) is 8.22. The first kappa shape index (κ1) is 20.5. The minimum Gasteiger partial charge on any atom is -0.495 e. The van der Waals surface area contributed by atoms with Crippen LogP contribution >= 0.6 is 0 Å². The first-order valence-corrected chi connectivity index (χ1v) is 10.6. The summed E-state index contributed by atoms with van der Waals surface area (Å²) in [5.74, 6) is 1.22. The number of likely N-dealkylation sites (N-methyl/N-ethyl adjacent to an activating group) is 1. The number of fused-ring (bicyclic) bond motifs is 2. The van der Waals surface area contributed by atoms with E-state index >= 15 is 0 Å². The smallest absolute Gasteiger partial charge is 0.414 e. The molecule has 9 heteroatoms. The summed E-state index contributed by atoms with van der Waals surface area (Å²) in [5, 5.41) is 4.18. The van der Waals surface area contributed by atoms with Crippen molar-refractivity contribution in [1.82, 2.24) is 14.9 Å². The Hall–Kier alpha value is -3.43.